The van der Waals surface area contributed by atoms with Crippen LogP contribution in [0.25, 0.3) is 0 Å². The van der Waals surface area contributed by atoms with Gasteiger partial charge in [0.25, 0.3) is 0 Å². The van der Waals surface area contributed by atoms with Crippen LogP contribution in [0, 0.1) is 47.3 Å². The van der Waals surface area contributed by atoms with Crippen LogP contribution in [0.4, 0.5) is 22.7 Å². The molecule has 0 bridgehead atoms. The van der Waals surface area contributed by atoms with Gasteiger partial charge in [-0.3, -0.25) is 43.3 Å². The zero-order chi connectivity index (χ0) is 96.1. The predicted octanol–water partition coefficient (Wildman–Crippen LogP) is 3.77. The van der Waals surface area contributed by atoms with Crippen molar-refractivity contribution in [3.63, 3.8) is 0 Å². The molecule has 40 nitrogen and oxygen atoms in total. The van der Waals surface area contributed by atoms with Crippen molar-refractivity contribution in [1.82, 2.24) is 35.6 Å². The molecule has 0 aromatic heterocycles. The minimum Gasteiger partial charge on any atom is -0.478 e. The second-order valence-corrected chi connectivity index (χ2v) is 40.0. The molecule has 4 aromatic carbocycles. The normalized spacial score (nSPS) is 28.8. The number of nitrogens with zero attached hydrogens (tertiary/aromatic N) is 5. The van der Waals surface area contributed by atoms with Crippen molar-refractivity contribution in [3.05, 3.63) is 151 Å². The first-order chi connectivity index (χ1) is 62.3. The number of benzene rings is 4. The number of fused-ring (bicyclic) bond motifs is 2. The number of thioether (sulfide) groups is 4. The molecule has 44 heteroatoms. The molecule has 14 rings (SSSR count). The molecular formula is C88H100N12O28S4. The van der Waals surface area contributed by atoms with E-state index in [1.807, 2.05) is 0 Å². The number of carbonyl (C=O) groups excluding carboxylic acids is 8. The SMILES string of the molecule is C[C@@H](O)[C@@H](C(=O)N1C[C@@H](SC2=C(C(=O)O)N3C(=O)[C@H]([C@@H](C)O)[C@H]3[C@H]2C)C[C@H]1C(=O)Nc1cccc(C(=O)O)c1)[C@@H]1N=C(C(=O)O)C(S[C@@H]2CN[C@H](C(=O)Nc3cccc(C(=O)O)c3)C2)[C@@H]1C.C[C@@H](O)[C@@H](C(=O)N1C[C@@H](SC2=C(C(=O)O)N3C(=O)[C@H]([C@@H](C)O)[C@H]3[C@H]2C)C[C@H]1C(=O)Nc1cccc(C(=O)O)c1)[C@@H]1NC(C(=O)O)=C(S[C@@H]2CN[C@H](C(=O)Nc3cccc(C(=O)O)c3)C2)[C@@H]1C. The first-order valence-corrected chi connectivity index (χ1v) is 46.1. The molecule has 6 saturated heterocycles. The lowest BCUT2D eigenvalue weighted by molar-refractivity contribution is -0.163. The number of amides is 8. The Hall–Kier alpha value is -11.8. The van der Waals surface area contributed by atoms with Crippen LogP contribution in [0.3, 0.4) is 0 Å². The number of aliphatic hydroxyl groups excluding tert-OH is 4. The molecule has 0 spiro atoms. The van der Waals surface area contributed by atoms with Gasteiger partial charge in [0.05, 0.1) is 106 Å². The Morgan fingerprint density at radius 1 is 0.432 bits per heavy atom. The molecule has 132 heavy (non-hydrogen) atoms. The van der Waals surface area contributed by atoms with Gasteiger partial charge in [0.2, 0.25) is 47.3 Å². The average molecular weight is 1900 g/mol. The largest absolute Gasteiger partial charge is 0.478 e. The smallest absolute Gasteiger partial charge is 0.353 e. The second kappa shape index (κ2) is 40.0. The Labute approximate surface area is 770 Å². The molecule has 0 aliphatic carbocycles. The van der Waals surface area contributed by atoms with E-state index in [0.29, 0.717) is 27.8 Å². The van der Waals surface area contributed by atoms with Gasteiger partial charge in [0.15, 0.2) is 0 Å². The van der Waals surface area contributed by atoms with Crippen LogP contribution in [0.2, 0.25) is 0 Å². The van der Waals surface area contributed by atoms with Gasteiger partial charge in [0, 0.05) is 108 Å². The summed E-state index contributed by atoms with van der Waals surface area (Å²) in [4.78, 5) is 218. The third-order valence-electron chi connectivity index (χ3n) is 25.7. The first-order valence-electron chi connectivity index (χ1n) is 42.5. The van der Waals surface area contributed by atoms with E-state index in [1.165, 1.54) is 156 Å². The van der Waals surface area contributed by atoms with Gasteiger partial charge in [-0.2, -0.15) is 0 Å². The summed E-state index contributed by atoms with van der Waals surface area (Å²) in [6.45, 7) is 12.9. The number of aliphatic hydroxyl groups is 4. The van der Waals surface area contributed by atoms with E-state index in [9.17, 15) is 138 Å². The van der Waals surface area contributed by atoms with Crippen LogP contribution >= 0.6 is 47.0 Å². The van der Waals surface area contributed by atoms with Crippen LogP contribution in [0.15, 0.2) is 134 Å². The van der Waals surface area contributed by atoms with Gasteiger partial charge < -0.3 is 118 Å². The number of hydrogen-bond donors (Lipinski definition) is 19. The molecule has 8 amide bonds. The zero-order valence-electron chi connectivity index (χ0n) is 72.1. The molecule has 704 valence electrons. The van der Waals surface area contributed by atoms with Crippen LogP contribution in [-0.4, -0.2) is 307 Å². The Balaban J connectivity index is 0.000000224. The number of hydrogen-bond acceptors (Lipinski definition) is 28. The maximum Gasteiger partial charge on any atom is 0.353 e. The molecule has 4 aromatic rings. The molecule has 0 radical (unpaired) electrons. The number of aliphatic imine (C=N–C) groups is 1. The Morgan fingerprint density at radius 2 is 0.795 bits per heavy atom. The Bertz CT molecular complexity index is 5530. The van der Waals surface area contributed by atoms with Gasteiger partial charge in [-0.05, 0) is 132 Å². The highest BCUT2D eigenvalue weighted by molar-refractivity contribution is 8.04. The summed E-state index contributed by atoms with van der Waals surface area (Å²) in [6, 6.07) is 15.3. The van der Waals surface area contributed by atoms with Gasteiger partial charge in [-0.25, -0.2) is 38.4 Å². The summed E-state index contributed by atoms with van der Waals surface area (Å²) < 4.78 is 0. The molecule has 1 unspecified atom stereocenters. The molecular weight excluding hydrogens is 1800 g/mol. The topological polar surface area (TPSA) is 625 Å². The number of nitrogens with one attached hydrogen (secondary N) is 7. The van der Waals surface area contributed by atoms with Crippen LogP contribution in [-0.2, 0) is 57.5 Å². The fourth-order valence-electron chi connectivity index (χ4n) is 19.4. The average Bonchev–Trinajstić information content (AvgIpc) is 1.55. The number of rotatable bonds is 32. The quantitative estimate of drug-likeness (QED) is 0.0309. The molecule has 6 fully saturated rings. The Morgan fingerprint density at radius 3 is 1.15 bits per heavy atom. The van der Waals surface area contributed by atoms with Gasteiger partial charge >= 0.3 is 47.8 Å². The third kappa shape index (κ3) is 19.8. The number of carbonyl (C=O) groups is 16. The van der Waals surface area contributed by atoms with Crippen molar-refractivity contribution in [1.29, 1.82) is 0 Å². The summed E-state index contributed by atoms with van der Waals surface area (Å²) >= 11 is 4.68. The highest BCUT2D eigenvalue weighted by Gasteiger charge is 2.63. The van der Waals surface area contributed by atoms with Crippen molar-refractivity contribution in [2.45, 2.75) is 180 Å². The lowest BCUT2D eigenvalue weighted by Gasteiger charge is -2.46. The number of aromatic carboxylic acids is 4. The first kappa shape index (κ1) is 97.8. The summed E-state index contributed by atoms with van der Waals surface area (Å²) in [6.07, 6.45) is -4.42. The summed E-state index contributed by atoms with van der Waals surface area (Å²) in [5, 5.41) is 140. The van der Waals surface area contributed by atoms with Crippen LogP contribution < -0.4 is 37.2 Å². The van der Waals surface area contributed by atoms with E-state index >= 15 is 0 Å². The number of carboxylic acid groups (broad SMARTS) is 8. The van der Waals surface area contributed by atoms with E-state index in [4.69, 9.17) is 0 Å². The van der Waals surface area contributed by atoms with Crippen molar-refractivity contribution >= 4 is 171 Å². The number of aliphatic carboxylic acids is 4. The highest BCUT2D eigenvalue weighted by atomic mass is 32.2. The summed E-state index contributed by atoms with van der Waals surface area (Å²) in [7, 11) is 0. The molecule has 19 N–H and O–H groups in total. The molecule has 10 aliphatic heterocycles. The Kier molecular flexibility index (Phi) is 29.6. The van der Waals surface area contributed by atoms with Crippen molar-refractivity contribution in [2.24, 2.45) is 52.3 Å². The lowest BCUT2D eigenvalue weighted by atomic mass is 9.79. The number of anilines is 4. The predicted molar refractivity (Wildman–Crippen MR) is 479 cm³/mol. The molecule has 10 heterocycles. The van der Waals surface area contributed by atoms with Crippen molar-refractivity contribution < 1.29 is 138 Å². The fourth-order valence-corrected chi connectivity index (χ4v) is 25.5. The standard InChI is InChI=1S/2C44H50N6O14S2/c2*1-17-31(48-32(43(61)62)35(17)65-25-13-27(45-15-25)37(53)46-23-9-5-7-21(11-23)41(57)58)29(19(3)51)39(55)49-16-26(14-28(49)38(54)47-24-10-6-8-22(12-24)42(59)60)66-36-18(2)33-30(20(4)52)40(56)50(33)34(36)44(63)64/h5-12,17-20,25-31,33,45,48,51-52H,13-16H2,1-4H3,(H,46,53)(H,47,54)(H,57,58)(H,59,60)(H,61,62)(H,63,64);5-12,17-20,25-31,33,35,45,51-52H,13-16H2,1-4H3,(H,46,53)(H,47,54)(H,57,58)(H,59,60)(H,61,62)(H,63,64)/t17-,18-,19-,20-,25+,26+,27+,28+,29-,30-,31-,33-;17-,18-,19-,20-,25+,26+,27+,28+,29-,30-,31-,33-,35?/m11/s1. The summed E-state index contributed by atoms with van der Waals surface area (Å²) in [5.41, 5.74) is -0.342. The highest BCUT2D eigenvalue weighted by Crippen LogP contribution is 2.55. The second-order valence-electron chi connectivity index (χ2n) is 34.5. The monoisotopic (exact) mass is 1900 g/mol. The van der Waals surface area contributed by atoms with E-state index in [0.717, 1.165) is 23.5 Å². The fraction of sp³-hybridized carbons (Fsp3) is 0.466. The number of carboxylic acids is 8. The van der Waals surface area contributed by atoms with E-state index in [1.54, 1.807) is 39.8 Å². The van der Waals surface area contributed by atoms with E-state index in [-0.39, 0.29) is 117 Å². The third-order valence-corrected chi connectivity index (χ3v) is 31.9. The molecule has 25 atom stereocenters. The van der Waals surface area contributed by atoms with E-state index in [2.05, 4.69) is 42.2 Å². The number of β-lactam (4-membered cyclic amide) rings is 2. The van der Waals surface area contributed by atoms with Crippen LogP contribution in [0.1, 0.15) is 123 Å². The van der Waals surface area contributed by atoms with Gasteiger partial charge in [0.1, 0.15) is 34.9 Å². The molecule has 10 aliphatic rings. The van der Waals surface area contributed by atoms with Crippen molar-refractivity contribution in [3.8, 4) is 0 Å². The van der Waals surface area contributed by atoms with Gasteiger partial charge in [-0.15, -0.1) is 47.0 Å². The minimum absolute atomic E-state index is 0.00726. The van der Waals surface area contributed by atoms with E-state index < -0.39 is 231 Å². The zero-order valence-corrected chi connectivity index (χ0v) is 75.4. The number of likely N-dealkylation sites (tertiary alicyclic amines) is 2. The van der Waals surface area contributed by atoms with Gasteiger partial charge in [-0.1, -0.05) is 52.0 Å². The maximum atomic E-state index is 15.0. The minimum atomic E-state index is -1.42. The lowest BCUT2D eigenvalue weighted by Crippen LogP contribution is -2.63. The summed E-state index contributed by atoms with van der Waals surface area (Å²) in [5.74, 6) is -21.7. The van der Waals surface area contributed by atoms with Crippen molar-refractivity contribution in [2.75, 3.05) is 47.4 Å². The molecule has 0 saturated carbocycles. The maximum absolute atomic E-state index is 15.0. The van der Waals surface area contributed by atoms with Crippen LogP contribution in [0.5, 0.6) is 0 Å².